The summed E-state index contributed by atoms with van der Waals surface area (Å²) in [6.07, 6.45) is 2.14. The Hall–Kier alpha value is -1.51. The van der Waals surface area contributed by atoms with Crippen LogP contribution in [0, 0.1) is 5.41 Å². The highest BCUT2D eigenvalue weighted by molar-refractivity contribution is 14.0. The maximum absolute atomic E-state index is 12.2. The fourth-order valence-corrected chi connectivity index (χ4v) is 3.18. The number of rotatable bonds is 7. The lowest BCUT2D eigenvalue weighted by atomic mass is 9.92. The van der Waals surface area contributed by atoms with Gasteiger partial charge in [-0.25, -0.2) is 0 Å². The summed E-state index contributed by atoms with van der Waals surface area (Å²) in [5.74, 6) is 0.841. The van der Waals surface area contributed by atoms with Crippen LogP contribution >= 0.6 is 24.0 Å². The highest BCUT2D eigenvalue weighted by Crippen LogP contribution is 2.19. The van der Waals surface area contributed by atoms with Gasteiger partial charge in [0, 0.05) is 37.9 Å². The van der Waals surface area contributed by atoms with Crippen LogP contribution in [0.4, 0.5) is 5.69 Å². The van der Waals surface area contributed by atoms with E-state index in [9.17, 15) is 4.79 Å². The molecule has 1 fully saturated rings. The van der Waals surface area contributed by atoms with Crippen LogP contribution in [0.1, 0.15) is 40.5 Å². The third-order valence-corrected chi connectivity index (χ3v) is 4.89. The number of carbonyl (C=O) groups excluding carboxylic acids is 1. The van der Waals surface area contributed by atoms with Crippen LogP contribution in [0.2, 0.25) is 0 Å². The van der Waals surface area contributed by atoms with Gasteiger partial charge in [0.1, 0.15) is 0 Å². The minimum atomic E-state index is -0.519. The third kappa shape index (κ3) is 7.48. The van der Waals surface area contributed by atoms with Crippen molar-refractivity contribution in [3.05, 3.63) is 30.3 Å². The van der Waals surface area contributed by atoms with Gasteiger partial charge in [-0.05, 0) is 52.7 Å². The molecule has 1 aliphatic rings. The van der Waals surface area contributed by atoms with Gasteiger partial charge >= 0.3 is 0 Å². The van der Waals surface area contributed by atoms with E-state index in [0.29, 0.717) is 19.1 Å². The summed E-state index contributed by atoms with van der Waals surface area (Å²) in [4.78, 5) is 19.3. The smallest absolute Gasteiger partial charge is 0.227 e. The maximum Gasteiger partial charge on any atom is 0.227 e. The van der Waals surface area contributed by atoms with E-state index in [2.05, 4.69) is 63.1 Å². The second-order valence-corrected chi connectivity index (χ2v) is 7.68. The molecule has 1 amide bonds. The molecule has 0 aliphatic carbocycles. The monoisotopic (exact) mass is 501 g/mol. The minimum absolute atomic E-state index is 0. The maximum atomic E-state index is 12.2. The van der Waals surface area contributed by atoms with Gasteiger partial charge < -0.3 is 20.9 Å². The van der Waals surface area contributed by atoms with Crippen molar-refractivity contribution >= 4 is 41.5 Å². The van der Waals surface area contributed by atoms with E-state index in [1.165, 1.54) is 5.69 Å². The first-order chi connectivity index (χ1) is 13.0. The SMILES string of the molecule is CCNC(=O)C(C)(C)CN=C(NCC)NC1CCN(c2ccccc2)CC1.I. The second kappa shape index (κ2) is 12.1. The number of piperidine rings is 1. The summed E-state index contributed by atoms with van der Waals surface area (Å²) >= 11 is 0. The fraction of sp³-hybridized carbons (Fsp3) is 0.619. The fourth-order valence-electron chi connectivity index (χ4n) is 3.18. The van der Waals surface area contributed by atoms with E-state index in [1.54, 1.807) is 0 Å². The van der Waals surface area contributed by atoms with Gasteiger partial charge in [-0.3, -0.25) is 9.79 Å². The first-order valence-electron chi connectivity index (χ1n) is 10.1. The Morgan fingerprint density at radius 3 is 2.29 bits per heavy atom. The molecule has 1 aromatic rings. The number of halogens is 1. The number of amides is 1. The van der Waals surface area contributed by atoms with Gasteiger partial charge in [-0.15, -0.1) is 24.0 Å². The summed E-state index contributed by atoms with van der Waals surface area (Å²) in [7, 11) is 0. The number of nitrogens with zero attached hydrogens (tertiary/aromatic N) is 2. The van der Waals surface area contributed by atoms with Crippen LogP contribution in [0.3, 0.4) is 0 Å². The normalized spacial score (nSPS) is 15.6. The molecular formula is C21H36IN5O. The Labute approximate surface area is 187 Å². The quantitative estimate of drug-likeness (QED) is 0.305. The second-order valence-electron chi connectivity index (χ2n) is 7.68. The van der Waals surface area contributed by atoms with Crippen LogP contribution in [0.5, 0.6) is 0 Å². The zero-order valence-electron chi connectivity index (χ0n) is 17.6. The Balaban J connectivity index is 0.00000392. The molecule has 0 saturated carbocycles. The van der Waals surface area contributed by atoms with E-state index < -0.39 is 5.41 Å². The van der Waals surface area contributed by atoms with Crippen molar-refractivity contribution < 1.29 is 4.79 Å². The molecule has 7 heteroatoms. The first kappa shape index (κ1) is 24.5. The Morgan fingerprint density at radius 1 is 1.11 bits per heavy atom. The molecule has 0 radical (unpaired) electrons. The van der Waals surface area contributed by atoms with Gasteiger partial charge in [0.2, 0.25) is 5.91 Å². The number of carbonyl (C=O) groups is 1. The van der Waals surface area contributed by atoms with Gasteiger partial charge in [0.25, 0.3) is 0 Å². The largest absolute Gasteiger partial charge is 0.371 e. The number of anilines is 1. The van der Waals surface area contributed by atoms with Crippen molar-refractivity contribution in [2.24, 2.45) is 10.4 Å². The topological polar surface area (TPSA) is 68.8 Å². The summed E-state index contributed by atoms with van der Waals surface area (Å²) in [5.41, 5.74) is 0.773. The lowest BCUT2D eigenvalue weighted by molar-refractivity contribution is -0.128. The summed E-state index contributed by atoms with van der Waals surface area (Å²) in [5, 5.41) is 9.75. The van der Waals surface area contributed by atoms with Crippen molar-refractivity contribution in [2.75, 3.05) is 37.6 Å². The molecule has 28 heavy (non-hydrogen) atoms. The summed E-state index contributed by atoms with van der Waals surface area (Å²) in [6, 6.07) is 11.0. The number of benzene rings is 1. The highest BCUT2D eigenvalue weighted by Gasteiger charge is 2.27. The Bertz CT molecular complexity index is 612. The molecule has 6 nitrogen and oxygen atoms in total. The standard InChI is InChI=1S/C21H35N5O.HI/c1-5-22-19(27)21(3,4)16-24-20(23-6-2)25-17-12-14-26(15-13-17)18-10-8-7-9-11-18;/h7-11,17H,5-6,12-16H2,1-4H3,(H,22,27)(H2,23,24,25);1H. The van der Waals surface area contributed by atoms with Crippen LogP contribution in [-0.4, -0.2) is 50.6 Å². The molecule has 2 rings (SSSR count). The van der Waals surface area contributed by atoms with E-state index in [4.69, 9.17) is 0 Å². The zero-order chi connectivity index (χ0) is 19.7. The van der Waals surface area contributed by atoms with E-state index in [1.807, 2.05) is 20.8 Å². The van der Waals surface area contributed by atoms with Crippen molar-refractivity contribution in [3.8, 4) is 0 Å². The minimum Gasteiger partial charge on any atom is -0.371 e. The van der Waals surface area contributed by atoms with Gasteiger partial charge in [0.05, 0.1) is 12.0 Å². The Kier molecular flexibility index (Phi) is 10.6. The molecule has 3 N–H and O–H groups in total. The molecule has 1 heterocycles. The Morgan fingerprint density at radius 2 is 1.71 bits per heavy atom. The van der Waals surface area contributed by atoms with Gasteiger partial charge in [-0.2, -0.15) is 0 Å². The van der Waals surface area contributed by atoms with Crippen molar-refractivity contribution in [1.82, 2.24) is 16.0 Å². The van der Waals surface area contributed by atoms with E-state index >= 15 is 0 Å². The van der Waals surface area contributed by atoms with Gasteiger partial charge in [-0.1, -0.05) is 18.2 Å². The zero-order valence-corrected chi connectivity index (χ0v) is 20.0. The molecule has 0 atom stereocenters. The molecule has 1 aromatic carbocycles. The molecule has 1 saturated heterocycles. The average molecular weight is 501 g/mol. The van der Waals surface area contributed by atoms with Crippen molar-refractivity contribution in [2.45, 2.75) is 46.6 Å². The third-order valence-electron chi connectivity index (χ3n) is 4.89. The molecule has 1 aliphatic heterocycles. The molecule has 158 valence electrons. The highest BCUT2D eigenvalue weighted by atomic mass is 127. The summed E-state index contributed by atoms with van der Waals surface area (Å²) < 4.78 is 0. The van der Waals surface area contributed by atoms with Crippen LogP contribution in [0.15, 0.2) is 35.3 Å². The molecule has 0 unspecified atom stereocenters. The van der Waals surface area contributed by atoms with E-state index in [-0.39, 0.29) is 29.9 Å². The predicted octanol–water partition coefficient (Wildman–Crippen LogP) is 2.99. The van der Waals surface area contributed by atoms with Crippen LogP contribution in [0.25, 0.3) is 0 Å². The number of para-hydroxylation sites is 1. The van der Waals surface area contributed by atoms with Crippen LogP contribution in [-0.2, 0) is 4.79 Å². The lowest BCUT2D eigenvalue weighted by Gasteiger charge is -2.34. The molecule has 0 bridgehead atoms. The van der Waals surface area contributed by atoms with Crippen molar-refractivity contribution in [1.29, 1.82) is 0 Å². The first-order valence-corrected chi connectivity index (χ1v) is 10.1. The number of hydrogen-bond acceptors (Lipinski definition) is 3. The lowest BCUT2D eigenvalue weighted by Crippen LogP contribution is -2.49. The van der Waals surface area contributed by atoms with Gasteiger partial charge in [0.15, 0.2) is 5.96 Å². The molecule has 0 aromatic heterocycles. The molecular weight excluding hydrogens is 465 g/mol. The molecule has 0 spiro atoms. The van der Waals surface area contributed by atoms with Crippen molar-refractivity contribution in [3.63, 3.8) is 0 Å². The average Bonchev–Trinajstić information content (AvgIpc) is 2.68. The number of nitrogens with one attached hydrogen (secondary N) is 3. The number of hydrogen-bond donors (Lipinski definition) is 3. The number of guanidine groups is 1. The van der Waals surface area contributed by atoms with E-state index in [0.717, 1.165) is 38.4 Å². The number of aliphatic imine (C=N–C) groups is 1. The predicted molar refractivity (Wildman–Crippen MR) is 129 cm³/mol. The van der Waals surface area contributed by atoms with Crippen LogP contribution < -0.4 is 20.9 Å². The summed E-state index contributed by atoms with van der Waals surface area (Å²) in [6.45, 7) is 11.8.